The van der Waals surface area contributed by atoms with Gasteiger partial charge in [-0.15, -0.1) is 0 Å². The van der Waals surface area contributed by atoms with Crippen LogP contribution in [0.3, 0.4) is 0 Å². The van der Waals surface area contributed by atoms with Crippen molar-refractivity contribution in [2.24, 2.45) is 14.1 Å². The maximum absolute atomic E-state index is 12.6. The number of rotatable bonds is 4. The SMILES string of the molecule is COc1cc(NC(=O)c2ccc3c(=O)n(C)c(=O)n(C)c3n2)ccc1NC(C)=O. The molecule has 0 saturated carbocycles. The highest BCUT2D eigenvalue weighted by Gasteiger charge is 2.15. The number of benzene rings is 1. The van der Waals surface area contributed by atoms with E-state index in [1.807, 2.05) is 0 Å². The summed E-state index contributed by atoms with van der Waals surface area (Å²) in [7, 11) is 4.30. The summed E-state index contributed by atoms with van der Waals surface area (Å²) in [5.74, 6) is -0.415. The van der Waals surface area contributed by atoms with Crippen molar-refractivity contribution >= 4 is 34.2 Å². The monoisotopic (exact) mass is 397 g/mol. The van der Waals surface area contributed by atoms with Gasteiger partial charge < -0.3 is 15.4 Å². The topological polar surface area (TPSA) is 124 Å². The van der Waals surface area contributed by atoms with E-state index in [2.05, 4.69) is 15.6 Å². The number of methoxy groups -OCH3 is 1. The Morgan fingerprint density at radius 2 is 1.76 bits per heavy atom. The third-order valence-electron chi connectivity index (χ3n) is 4.30. The number of carbonyl (C=O) groups excluding carboxylic acids is 2. The van der Waals surface area contributed by atoms with E-state index >= 15 is 0 Å². The standard InChI is InChI=1S/C19H19N5O5/c1-10(25)20-13-7-5-11(9-15(13)29-4)21-17(26)14-8-6-12-16(22-14)23(2)19(28)24(3)18(12)27/h5-9H,1-4H3,(H,20,25)(H,21,26). The second-order valence-electron chi connectivity index (χ2n) is 6.32. The van der Waals surface area contributed by atoms with Crippen LogP contribution in [0.1, 0.15) is 17.4 Å². The minimum absolute atomic E-state index is 0.0330. The Balaban J connectivity index is 1.95. The van der Waals surface area contributed by atoms with E-state index < -0.39 is 17.2 Å². The molecule has 0 aliphatic carbocycles. The highest BCUT2D eigenvalue weighted by atomic mass is 16.5. The molecule has 2 heterocycles. The number of aromatic nitrogens is 3. The number of nitrogens with one attached hydrogen (secondary N) is 2. The first-order valence-corrected chi connectivity index (χ1v) is 8.56. The number of nitrogens with zero attached hydrogens (tertiary/aromatic N) is 3. The molecule has 0 fully saturated rings. The molecule has 0 spiro atoms. The van der Waals surface area contributed by atoms with Crippen LogP contribution in [0.2, 0.25) is 0 Å². The largest absolute Gasteiger partial charge is 0.494 e. The molecule has 0 saturated heterocycles. The van der Waals surface area contributed by atoms with Gasteiger partial charge in [0, 0.05) is 32.8 Å². The van der Waals surface area contributed by atoms with E-state index in [0.717, 1.165) is 4.57 Å². The normalized spacial score (nSPS) is 10.6. The van der Waals surface area contributed by atoms with E-state index in [1.54, 1.807) is 18.2 Å². The summed E-state index contributed by atoms with van der Waals surface area (Å²) in [5.41, 5.74) is 0.00934. The Morgan fingerprint density at radius 1 is 1.03 bits per heavy atom. The molecular formula is C19H19N5O5. The fourth-order valence-electron chi connectivity index (χ4n) is 2.84. The fourth-order valence-corrected chi connectivity index (χ4v) is 2.84. The minimum atomic E-state index is -0.536. The lowest BCUT2D eigenvalue weighted by Gasteiger charge is -2.12. The first kappa shape index (κ1) is 19.8. The van der Waals surface area contributed by atoms with Gasteiger partial charge in [-0.05, 0) is 24.3 Å². The van der Waals surface area contributed by atoms with Gasteiger partial charge >= 0.3 is 5.69 Å². The predicted molar refractivity (Wildman–Crippen MR) is 107 cm³/mol. The third-order valence-corrected chi connectivity index (χ3v) is 4.30. The van der Waals surface area contributed by atoms with Crippen molar-refractivity contribution in [3.63, 3.8) is 0 Å². The second kappa shape index (κ2) is 7.58. The number of aryl methyl sites for hydroxylation is 1. The molecule has 10 heteroatoms. The summed E-state index contributed by atoms with van der Waals surface area (Å²) in [6.45, 7) is 1.38. The van der Waals surface area contributed by atoms with Crippen molar-refractivity contribution in [2.45, 2.75) is 6.92 Å². The van der Waals surface area contributed by atoms with Gasteiger partial charge in [0.1, 0.15) is 17.1 Å². The number of ether oxygens (including phenoxy) is 1. The minimum Gasteiger partial charge on any atom is -0.494 e. The second-order valence-corrected chi connectivity index (χ2v) is 6.32. The number of pyridine rings is 1. The number of fused-ring (bicyclic) bond motifs is 1. The summed E-state index contributed by atoms with van der Waals surface area (Å²) in [6, 6.07) is 7.61. The number of hydrogen-bond acceptors (Lipinski definition) is 6. The molecule has 0 atom stereocenters. The van der Waals surface area contributed by atoms with Gasteiger partial charge in [0.2, 0.25) is 5.91 Å². The molecule has 0 unspecified atom stereocenters. The first-order chi connectivity index (χ1) is 13.7. The number of hydrogen-bond donors (Lipinski definition) is 2. The Hall–Kier alpha value is -3.95. The van der Waals surface area contributed by atoms with E-state index in [0.29, 0.717) is 17.1 Å². The zero-order valence-corrected chi connectivity index (χ0v) is 16.3. The van der Waals surface area contributed by atoms with Gasteiger partial charge in [0.25, 0.3) is 11.5 Å². The molecule has 2 N–H and O–H groups in total. The molecular weight excluding hydrogens is 378 g/mol. The summed E-state index contributed by atoms with van der Waals surface area (Å²) in [6.07, 6.45) is 0. The average molecular weight is 397 g/mol. The quantitative estimate of drug-likeness (QED) is 0.673. The lowest BCUT2D eigenvalue weighted by atomic mass is 10.2. The molecule has 3 aromatic rings. The maximum Gasteiger partial charge on any atom is 0.332 e. The molecule has 0 bridgehead atoms. The van der Waals surface area contributed by atoms with Crippen molar-refractivity contribution in [1.29, 1.82) is 0 Å². The van der Waals surface area contributed by atoms with Crippen molar-refractivity contribution in [2.75, 3.05) is 17.7 Å². The zero-order valence-electron chi connectivity index (χ0n) is 16.3. The number of amides is 2. The summed E-state index contributed by atoms with van der Waals surface area (Å²) >= 11 is 0. The Bertz CT molecular complexity index is 1260. The Morgan fingerprint density at radius 3 is 2.41 bits per heavy atom. The van der Waals surface area contributed by atoms with Crippen LogP contribution in [0.5, 0.6) is 5.75 Å². The van der Waals surface area contributed by atoms with E-state index in [-0.39, 0.29) is 22.6 Å². The molecule has 0 aliphatic heterocycles. The van der Waals surface area contributed by atoms with Gasteiger partial charge in [0.05, 0.1) is 18.2 Å². The molecule has 29 heavy (non-hydrogen) atoms. The molecule has 0 aliphatic rings. The lowest BCUT2D eigenvalue weighted by molar-refractivity contribution is -0.114. The van der Waals surface area contributed by atoms with Crippen LogP contribution in [0.15, 0.2) is 39.9 Å². The first-order valence-electron chi connectivity index (χ1n) is 8.56. The van der Waals surface area contributed by atoms with Gasteiger partial charge in [-0.2, -0.15) is 0 Å². The number of anilines is 2. The van der Waals surface area contributed by atoms with Crippen LogP contribution in [0.25, 0.3) is 11.0 Å². The predicted octanol–water partition coefficient (Wildman–Crippen LogP) is 0.851. The fraction of sp³-hybridized carbons (Fsp3) is 0.211. The molecule has 1 aromatic carbocycles. The maximum atomic E-state index is 12.6. The van der Waals surface area contributed by atoms with Crippen molar-refractivity contribution < 1.29 is 14.3 Å². The zero-order chi connectivity index (χ0) is 21.3. The van der Waals surface area contributed by atoms with Gasteiger partial charge in [-0.3, -0.25) is 23.5 Å². The van der Waals surface area contributed by atoms with Gasteiger partial charge in [0.15, 0.2) is 0 Å². The summed E-state index contributed by atoms with van der Waals surface area (Å²) in [5, 5.41) is 5.53. The highest BCUT2D eigenvalue weighted by Crippen LogP contribution is 2.28. The highest BCUT2D eigenvalue weighted by molar-refractivity contribution is 6.04. The van der Waals surface area contributed by atoms with Gasteiger partial charge in [-0.1, -0.05) is 0 Å². The molecule has 2 amide bonds. The average Bonchev–Trinajstić information content (AvgIpc) is 2.70. The molecule has 2 aromatic heterocycles. The van der Waals surface area contributed by atoms with E-state index in [9.17, 15) is 19.2 Å². The van der Waals surface area contributed by atoms with Crippen LogP contribution in [-0.4, -0.2) is 33.0 Å². The van der Waals surface area contributed by atoms with E-state index in [4.69, 9.17) is 4.74 Å². The van der Waals surface area contributed by atoms with Crippen molar-refractivity contribution in [1.82, 2.24) is 14.1 Å². The number of carbonyl (C=O) groups is 2. The van der Waals surface area contributed by atoms with Crippen LogP contribution < -0.4 is 26.6 Å². The summed E-state index contributed by atoms with van der Waals surface area (Å²) in [4.78, 5) is 52.3. The van der Waals surface area contributed by atoms with Crippen molar-refractivity contribution in [3.05, 3.63) is 56.9 Å². The lowest BCUT2D eigenvalue weighted by Crippen LogP contribution is -2.37. The van der Waals surface area contributed by atoms with Gasteiger partial charge in [-0.25, -0.2) is 9.78 Å². The third kappa shape index (κ3) is 3.72. The smallest absolute Gasteiger partial charge is 0.332 e. The van der Waals surface area contributed by atoms with Crippen LogP contribution in [0, 0.1) is 0 Å². The molecule has 150 valence electrons. The van der Waals surface area contributed by atoms with Crippen LogP contribution >= 0.6 is 0 Å². The van der Waals surface area contributed by atoms with Crippen LogP contribution in [0.4, 0.5) is 11.4 Å². The Labute approximate surface area is 164 Å². The summed E-state index contributed by atoms with van der Waals surface area (Å²) < 4.78 is 7.41. The molecule has 0 radical (unpaired) electrons. The van der Waals surface area contributed by atoms with Crippen LogP contribution in [-0.2, 0) is 18.9 Å². The molecule has 10 nitrogen and oxygen atoms in total. The van der Waals surface area contributed by atoms with E-state index in [1.165, 1.54) is 44.8 Å². The van der Waals surface area contributed by atoms with Crippen molar-refractivity contribution in [3.8, 4) is 5.75 Å². The molecule has 3 rings (SSSR count). The Kier molecular flexibility index (Phi) is 5.18.